The van der Waals surface area contributed by atoms with Crippen LogP contribution in [0.15, 0.2) is 18.2 Å². The van der Waals surface area contributed by atoms with Crippen LogP contribution in [-0.2, 0) is 10.2 Å². The fraction of sp³-hybridized carbons (Fsp3) is 0.533. The molecule has 1 rings (SSSR count). The van der Waals surface area contributed by atoms with E-state index in [0.29, 0.717) is 6.42 Å². The number of hydrogen-bond acceptors (Lipinski definition) is 2. The van der Waals surface area contributed by atoms with Crippen molar-refractivity contribution in [3.05, 3.63) is 34.9 Å². The molecule has 0 aromatic heterocycles. The van der Waals surface area contributed by atoms with E-state index in [0.717, 1.165) is 11.1 Å². The Balaban J connectivity index is 3.10. The van der Waals surface area contributed by atoms with Crippen molar-refractivity contribution in [1.29, 1.82) is 0 Å². The normalized spacial score (nSPS) is 13.5. The van der Waals surface area contributed by atoms with E-state index in [1.807, 2.05) is 6.92 Å². The molecule has 0 saturated carbocycles. The summed E-state index contributed by atoms with van der Waals surface area (Å²) in [5, 5.41) is 0. The van der Waals surface area contributed by atoms with Gasteiger partial charge in [0.1, 0.15) is 5.78 Å². The minimum absolute atomic E-state index is 0.110. The minimum atomic E-state index is -0.185. The van der Waals surface area contributed by atoms with E-state index in [-0.39, 0.29) is 17.2 Å². The number of benzene rings is 1. The van der Waals surface area contributed by atoms with E-state index in [1.165, 1.54) is 5.56 Å². The zero-order valence-corrected chi connectivity index (χ0v) is 11.5. The first kappa shape index (κ1) is 13.9. The second kappa shape index (κ2) is 5.01. The highest BCUT2D eigenvalue weighted by Crippen LogP contribution is 2.27. The zero-order valence-electron chi connectivity index (χ0n) is 11.5. The molecule has 2 heteroatoms. The number of ketones is 1. The summed E-state index contributed by atoms with van der Waals surface area (Å²) in [5.74, 6) is 0.137. The van der Waals surface area contributed by atoms with E-state index < -0.39 is 0 Å². The molecule has 0 radical (unpaired) electrons. The van der Waals surface area contributed by atoms with Crippen LogP contribution in [0.4, 0.5) is 0 Å². The molecule has 2 N–H and O–H groups in total. The van der Waals surface area contributed by atoms with Crippen molar-refractivity contribution in [2.45, 2.75) is 52.5 Å². The number of carbonyl (C=O) groups is 1. The highest BCUT2D eigenvalue weighted by atomic mass is 16.1. The van der Waals surface area contributed by atoms with Crippen LogP contribution in [0.3, 0.4) is 0 Å². The molecule has 0 aliphatic heterocycles. The Morgan fingerprint density at radius 3 is 2.41 bits per heavy atom. The van der Waals surface area contributed by atoms with Crippen molar-refractivity contribution in [2.75, 3.05) is 0 Å². The third kappa shape index (κ3) is 3.67. The number of hydrogen-bond donors (Lipinski definition) is 1. The lowest BCUT2D eigenvalue weighted by Gasteiger charge is -2.22. The Morgan fingerprint density at radius 1 is 1.35 bits per heavy atom. The van der Waals surface area contributed by atoms with Crippen molar-refractivity contribution in [3.8, 4) is 0 Å². The third-order valence-electron chi connectivity index (χ3n) is 3.05. The maximum atomic E-state index is 11.1. The van der Waals surface area contributed by atoms with Gasteiger partial charge in [-0.05, 0) is 36.0 Å². The second-order valence-electron chi connectivity index (χ2n) is 5.83. The molecule has 0 fully saturated rings. The molecule has 17 heavy (non-hydrogen) atoms. The second-order valence-corrected chi connectivity index (χ2v) is 5.83. The van der Waals surface area contributed by atoms with Crippen molar-refractivity contribution >= 4 is 5.78 Å². The fourth-order valence-electron chi connectivity index (χ4n) is 1.93. The molecule has 1 atom stereocenters. The number of nitrogens with two attached hydrogens (primary N) is 1. The summed E-state index contributed by atoms with van der Waals surface area (Å²) < 4.78 is 0. The Morgan fingerprint density at radius 2 is 1.94 bits per heavy atom. The maximum Gasteiger partial charge on any atom is 0.131 e. The van der Waals surface area contributed by atoms with Crippen molar-refractivity contribution in [1.82, 2.24) is 0 Å². The molecule has 0 heterocycles. The Labute approximate surface area is 104 Å². The number of Topliss-reactive ketones (excluding diaryl/α,β-unsaturated/α-hetero) is 1. The van der Waals surface area contributed by atoms with Crippen molar-refractivity contribution in [2.24, 2.45) is 5.73 Å². The topological polar surface area (TPSA) is 43.1 Å². The van der Waals surface area contributed by atoms with Crippen LogP contribution in [0.2, 0.25) is 0 Å². The third-order valence-corrected chi connectivity index (χ3v) is 3.05. The van der Waals surface area contributed by atoms with E-state index in [2.05, 4.69) is 39.0 Å². The van der Waals surface area contributed by atoms with Gasteiger partial charge in [0.2, 0.25) is 0 Å². The van der Waals surface area contributed by atoms with Crippen LogP contribution in [0.1, 0.15) is 56.8 Å². The summed E-state index contributed by atoms with van der Waals surface area (Å²) >= 11 is 0. The molecule has 0 bridgehead atoms. The number of carbonyl (C=O) groups excluding carboxylic acids is 1. The molecular formula is C15H23NO. The summed E-state index contributed by atoms with van der Waals surface area (Å²) in [7, 11) is 0. The summed E-state index contributed by atoms with van der Waals surface area (Å²) in [6.45, 7) is 10.2. The largest absolute Gasteiger partial charge is 0.324 e. The molecule has 0 saturated heterocycles. The van der Waals surface area contributed by atoms with Gasteiger partial charge in [-0.3, -0.25) is 4.79 Å². The lowest BCUT2D eigenvalue weighted by Crippen LogP contribution is -2.17. The Hall–Kier alpha value is -1.15. The summed E-state index contributed by atoms with van der Waals surface area (Å²) in [4.78, 5) is 11.1. The minimum Gasteiger partial charge on any atom is -0.324 e. The van der Waals surface area contributed by atoms with E-state index >= 15 is 0 Å². The first-order valence-electron chi connectivity index (χ1n) is 6.08. The van der Waals surface area contributed by atoms with Crippen LogP contribution < -0.4 is 5.73 Å². The van der Waals surface area contributed by atoms with Gasteiger partial charge in [0.15, 0.2) is 0 Å². The van der Waals surface area contributed by atoms with E-state index in [4.69, 9.17) is 5.73 Å². The smallest absolute Gasteiger partial charge is 0.131 e. The first-order chi connectivity index (χ1) is 7.71. The van der Waals surface area contributed by atoms with Gasteiger partial charge in [0.05, 0.1) is 0 Å². The summed E-state index contributed by atoms with van der Waals surface area (Å²) in [5.41, 5.74) is 9.71. The standard InChI is InChI=1S/C15H23NO/c1-10-6-7-12(15(3,4)5)9-13(10)14(16)8-11(2)17/h6-7,9,14H,8,16H2,1-5H3. The molecule has 1 aromatic carbocycles. The van der Waals surface area contributed by atoms with Crippen LogP contribution in [0.5, 0.6) is 0 Å². The Kier molecular flexibility index (Phi) is 4.10. The van der Waals surface area contributed by atoms with Gasteiger partial charge < -0.3 is 5.73 Å². The molecule has 0 amide bonds. The van der Waals surface area contributed by atoms with E-state index in [1.54, 1.807) is 6.92 Å². The van der Waals surface area contributed by atoms with Crippen LogP contribution in [0.25, 0.3) is 0 Å². The van der Waals surface area contributed by atoms with Crippen molar-refractivity contribution in [3.63, 3.8) is 0 Å². The van der Waals surface area contributed by atoms with Crippen LogP contribution in [0, 0.1) is 6.92 Å². The number of aryl methyl sites for hydroxylation is 1. The molecule has 1 unspecified atom stereocenters. The predicted octanol–water partition coefficient (Wildman–Crippen LogP) is 3.27. The fourth-order valence-corrected chi connectivity index (χ4v) is 1.93. The molecular weight excluding hydrogens is 210 g/mol. The molecule has 0 aliphatic rings. The highest BCUT2D eigenvalue weighted by molar-refractivity contribution is 5.76. The van der Waals surface area contributed by atoms with Gasteiger partial charge in [-0.2, -0.15) is 0 Å². The summed E-state index contributed by atoms with van der Waals surface area (Å²) in [6.07, 6.45) is 0.411. The summed E-state index contributed by atoms with van der Waals surface area (Å²) in [6, 6.07) is 6.19. The van der Waals surface area contributed by atoms with Crippen molar-refractivity contribution < 1.29 is 4.79 Å². The highest BCUT2D eigenvalue weighted by Gasteiger charge is 2.17. The Bertz CT molecular complexity index is 415. The first-order valence-corrected chi connectivity index (χ1v) is 6.08. The van der Waals surface area contributed by atoms with Gasteiger partial charge in [-0.1, -0.05) is 39.0 Å². The molecule has 2 nitrogen and oxygen atoms in total. The quantitative estimate of drug-likeness (QED) is 0.870. The SMILES string of the molecule is CC(=O)CC(N)c1cc(C(C)(C)C)ccc1C. The zero-order chi connectivity index (χ0) is 13.2. The average Bonchev–Trinajstić information content (AvgIpc) is 2.15. The molecule has 0 spiro atoms. The van der Waals surface area contributed by atoms with E-state index in [9.17, 15) is 4.79 Å². The molecule has 94 valence electrons. The van der Waals surface area contributed by atoms with Gasteiger partial charge in [-0.25, -0.2) is 0 Å². The molecule has 1 aromatic rings. The predicted molar refractivity (Wildman–Crippen MR) is 72.1 cm³/mol. The van der Waals surface area contributed by atoms with Gasteiger partial charge in [0, 0.05) is 12.5 Å². The number of rotatable bonds is 3. The monoisotopic (exact) mass is 233 g/mol. The molecule has 0 aliphatic carbocycles. The lowest BCUT2D eigenvalue weighted by molar-refractivity contribution is -0.117. The maximum absolute atomic E-state index is 11.1. The van der Waals surface area contributed by atoms with Gasteiger partial charge >= 0.3 is 0 Å². The lowest BCUT2D eigenvalue weighted by atomic mass is 9.84. The average molecular weight is 233 g/mol. The van der Waals surface area contributed by atoms with Crippen LogP contribution >= 0.6 is 0 Å². The van der Waals surface area contributed by atoms with Crippen LogP contribution in [-0.4, -0.2) is 5.78 Å². The van der Waals surface area contributed by atoms with Gasteiger partial charge in [-0.15, -0.1) is 0 Å². The van der Waals surface area contributed by atoms with Gasteiger partial charge in [0.25, 0.3) is 0 Å².